The van der Waals surface area contributed by atoms with Crippen molar-refractivity contribution < 1.29 is 9.53 Å². The number of aromatic nitrogens is 4. The summed E-state index contributed by atoms with van der Waals surface area (Å²) in [4.78, 5) is 25.9. The SMILES string of the molecule is CN1CCC(c2ccc(C(=O)Nc3[nH]nc4ncc(Sc5cc(Cl)ccc5Cl)nc34)c(NC3CCOCC3)c2)CC1. The molecule has 2 saturated heterocycles. The lowest BCUT2D eigenvalue weighted by Gasteiger charge is -2.30. The third kappa shape index (κ3) is 6.62. The smallest absolute Gasteiger partial charge is 0.258 e. The first-order valence-corrected chi connectivity index (χ1v) is 15.3. The van der Waals surface area contributed by atoms with E-state index in [1.165, 1.54) is 17.3 Å². The number of anilines is 2. The van der Waals surface area contributed by atoms with Crippen LogP contribution in [0.25, 0.3) is 11.2 Å². The lowest BCUT2D eigenvalue weighted by molar-refractivity contribution is 0.0904. The molecule has 0 bridgehead atoms. The van der Waals surface area contributed by atoms with Gasteiger partial charge in [-0.3, -0.25) is 9.89 Å². The maximum atomic E-state index is 13.7. The number of rotatable bonds is 7. The van der Waals surface area contributed by atoms with Gasteiger partial charge in [0.25, 0.3) is 5.91 Å². The molecule has 2 aliphatic heterocycles. The fourth-order valence-corrected chi connectivity index (χ4v) is 6.59. The number of nitrogens with zero attached hydrogens (tertiary/aromatic N) is 4. The number of fused-ring (bicyclic) bond motifs is 1. The molecule has 12 heteroatoms. The first kappa shape index (κ1) is 28.2. The molecular formula is C29H31Cl2N7O2S. The summed E-state index contributed by atoms with van der Waals surface area (Å²) in [5.74, 6) is 0.612. The number of H-pyrrole nitrogens is 1. The molecule has 0 radical (unpaired) electrons. The molecule has 0 atom stereocenters. The fraction of sp³-hybridized carbons (Fsp3) is 0.379. The Balaban J connectivity index is 1.26. The van der Waals surface area contributed by atoms with Crippen LogP contribution >= 0.6 is 35.0 Å². The van der Waals surface area contributed by atoms with Gasteiger partial charge >= 0.3 is 0 Å². The molecule has 2 aromatic heterocycles. The van der Waals surface area contributed by atoms with Gasteiger partial charge in [-0.25, -0.2) is 9.97 Å². The molecule has 9 nitrogen and oxygen atoms in total. The van der Waals surface area contributed by atoms with E-state index in [-0.39, 0.29) is 11.9 Å². The van der Waals surface area contributed by atoms with Gasteiger partial charge in [-0.15, -0.1) is 0 Å². The zero-order valence-corrected chi connectivity index (χ0v) is 25.0. The number of hydrogen-bond acceptors (Lipinski definition) is 8. The van der Waals surface area contributed by atoms with Crippen molar-refractivity contribution >= 4 is 63.5 Å². The number of hydrogen-bond donors (Lipinski definition) is 3. The summed E-state index contributed by atoms with van der Waals surface area (Å²) in [6.07, 6.45) is 5.64. The molecule has 41 heavy (non-hydrogen) atoms. The van der Waals surface area contributed by atoms with Crippen LogP contribution in [-0.2, 0) is 4.74 Å². The Morgan fingerprint density at radius 1 is 1.10 bits per heavy atom. The number of amides is 1. The van der Waals surface area contributed by atoms with Gasteiger partial charge in [0.1, 0.15) is 5.03 Å². The zero-order chi connectivity index (χ0) is 28.3. The van der Waals surface area contributed by atoms with Gasteiger partial charge in [-0.2, -0.15) is 5.10 Å². The van der Waals surface area contributed by atoms with Crippen molar-refractivity contribution in [1.82, 2.24) is 25.1 Å². The number of likely N-dealkylation sites (tertiary alicyclic amines) is 1. The lowest BCUT2D eigenvalue weighted by Crippen LogP contribution is -2.30. The van der Waals surface area contributed by atoms with Crippen LogP contribution in [0, 0.1) is 0 Å². The molecule has 0 aliphatic carbocycles. The molecular weight excluding hydrogens is 581 g/mol. The van der Waals surface area contributed by atoms with Crippen molar-refractivity contribution in [3.8, 4) is 0 Å². The Hall–Kier alpha value is -2.89. The summed E-state index contributed by atoms with van der Waals surface area (Å²) in [7, 11) is 2.17. The van der Waals surface area contributed by atoms with Crippen LogP contribution in [-0.4, -0.2) is 70.4 Å². The van der Waals surface area contributed by atoms with Gasteiger partial charge in [0, 0.05) is 34.9 Å². The maximum Gasteiger partial charge on any atom is 0.258 e. The maximum absolute atomic E-state index is 13.7. The summed E-state index contributed by atoms with van der Waals surface area (Å²) in [5.41, 5.74) is 3.54. The molecule has 4 heterocycles. The molecule has 3 N–H and O–H groups in total. The number of piperidine rings is 1. The third-order valence-electron chi connectivity index (χ3n) is 7.65. The van der Waals surface area contributed by atoms with Gasteiger partial charge in [-0.05, 0) is 87.6 Å². The van der Waals surface area contributed by atoms with Crippen LogP contribution in [0.1, 0.15) is 47.5 Å². The minimum atomic E-state index is -0.252. The average molecular weight is 613 g/mol. The molecule has 0 unspecified atom stereocenters. The standard InChI is InChI=1S/C29H31Cl2N7O2S/c1-38-10-6-17(7-11-38)18-2-4-21(23(14-18)33-20-8-12-40-13-9-20)29(39)35-28-26-27(36-37-28)32-16-25(34-26)41-24-15-19(30)3-5-22(24)31/h2-5,14-17,20,33H,6-13H2,1H3,(H2,32,35,36,37,39). The quantitative estimate of drug-likeness (QED) is 0.218. The molecule has 6 rings (SSSR count). The van der Waals surface area contributed by atoms with Crippen molar-refractivity contribution in [3.63, 3.8) is 0 Å². The lowest BCUT2D eigenvalue weighted by atomic mass is 9.88. The summed E-state index contributed by atoms with van der Waals surface area (Å²) in [5, 5.41) is 15.5. The van der Waals surface area contributed by atoms with E-state index in [0.29, 0.717) is 56.7 Å². The normalized spacial score (nSPS) is 17.1. The third-order valence-corrected chi connectivity index (χ3v) is 9.29. The Bertz CT molecular complexity index is 1550. The highest BCUT2D eigenvalue weighted by atomic mass is 35.5. The molecule has 1 amide bonds. The second kappa shape index (κ2) is 12.5. The number of ether oxygens (including phenoxy) is 1. The molecule has 2 aromatic carbocycles. The Morgan fingerprint density at radius 3 is 2.71 bits per heavy atom. The molecule has 0 saturated carbocycles. The van der Waals surface area contributed by atoms with Crippen molar-refractivity contribution in [2.45, 2.75) is 47.6 Å². The molecule has 0 spiro atoms. The summed E-state index contributed by atoms with van der Waals surface area (Å²) >= 11 is 13.8. The molecule has 214 valence electrons. The highest BCUT2D eigenvalue weighted by molar-refractivity contribution is 7.99. The second-order valence-corrected chi connectivity index (χ2v) is 12.4. The molecule has 2 fully saturated rings. The highest BCUT2D eigenvalue weighted by Crippen LogP contribution is 2.35. The number of halogens is 2. The van der Waals surface area contributed by atoms with Gasteiger partial charge < -0.3 is 20.3 Å². The topological polar surface area (TPSA) is 108 Å². The first-order chi connectivity index (χ1) is 19.9. The van der Waals surface area contributed by atoms with E-state index in [2.05, 4.69) is 49.9 Å². The summed E-state index contributed by atoms with van der Waals surface area (Å²) in [6.45, 7) is 3.58. The van der Waals surface area contributed by atoms with Gasteiger partial charge in [0.05, 0.1) is 16.8 Å². The van der Waals surface area contributed by atoms with Crippen LogP contribution in [0.15, 0.2) is 52.5 Å². The molecule has 2 aliphatic rings. The van der Waals surface area contributed by atoms with Gasteiger partial charge in [0.2, 0.25) is 5.65 Å². The Kier molecular flexibility index (Phi) is 8.64. The Labute approximate surface area is 252 Å². The Morgan fingerprint density at radius 2 is 1.90 bits per heavy atom. The minimum absolute atomic E-state index is 0.250. The van der Waals surface area contributed by atoms with Gasteiger partial charge in [0.15, 0.2) is 11.3 Å². The van der Waals surface area contributed by atoms with E-state index in [1.807, 2.05) is 6.07 Å². The molecule has 4 aromatic rings. The van der Waals surface area contributed by atoms with E-state index in [1.54, 1.807) is 24.4 Å². The van der Waals surface area contributed by atoms with E-state index in [9.17, 15) is 4.79 Å². The average Bonchev–Trinajstić information content (AvgIpc) is 3.37. The predicted molar refractivity (Wildman–Crippen MR) is 164 cm³/mol. The van der Waals surface area contributed by atoms with Crippen LogP contribution in [0.5, 0.6) is 0 Å². The van der Waals surface area contributed by atoms with E-state index >= 15 is 0 Å². The van der Waals surface area contributed by atoms with Crippen molar-refractivity contribution in [2.24, 2.45) is 0 Å². The van der Waals surface area contributed by atoms with Crippen molar-refractivity contribution in [3.05, 3.63) is 63.8 Å². The number of nitrogens with one attached hydrogen (secondary N) is 3. The predicted octanol–water partition coefficient (Wildman–Crippen LogP) is 6.46. The minimum Gasteiger partial charge on any atom is -0.381 e. The van der Waals surface area contributed by atoms with Crippen LogP contribution in [0.2, 0.25) is 10.0 Å². The van der Waals surface area contributed by atoms with Crippen LogP contribution in [0.3, 0.4) is 0 Å². The number of carbonyl (C=O) groups is 1. The van der Waals surface area contributed by atoms with E-state index < -0.39 is 0 Å². The summed E-state index contributed by atoms with van der Waals surface area (Å²) in [6, 6.07) is 11.7. The zero-order valence-electron chi connectivity index (χ0n) is 22.6. The monoisotopic (exact) mass is 611 g/mol. The fourth-order valence-electron chi connectivity index (χ4n) is 5.30. The van der Waals surface area contributed by atoms with Crippen molar-refractivity contribution in [1.29, 1.82) is 0 Å². The summed E-state index contributed by atoms with van der Waals surface area (Å²) < 4.78 is 5.55. The number of aromatic amines is 1. The highest BCUT2D eigenvalue weighted by Gasteiger charge is 2.23. The van der Waals surface area contributed by atoms with Crippen molar-refractivity contribution in [2.75, 3.05) is 44.0 Å². The second-order valence-electron chi connectivity index (χ2n) is 10.5. The van der Waals surface area contributed by atoms with E-state index in [0.717, 1.165) is 49.4 Å². The van der Waals surface area contributed by atoms with Crippen LogP contribution < -0.4 is 10.6 Å². The van der Waals surface area contributed by atoms with Gasteiger partial charge in [-0.1, -0.05) is 41.0 Å². The van der Waals surface area contributed by atoms with E-state index in [4.69, 9.17) is 32.9 Å². The number of carbonyl (C=O) groups excluding carboxylic acids is 1. The first-order valence-electron chi connectivity index (χ1n) is 13.7. The number of benzene rings is 2. The van der Waals surface area contributed by atoms with Crippen LogP contribution in [0.4, 0.5) is 11.5 Å². The largest absolute Gasteiger partial charge is 0.381 e.